The minimum atomic E-state index is 0.245. The molecule has 0 saturated carbocycles. The predicted octanol–water partition coefficient (Wildman–Crippen LogP) is 2.73. The van der Waals surface area contributed by atoms with E-state index >= 15 is 0 Å². The first-order valence-corrected chi connectivity index (χ1v) is 6.10. The van der Waals surface area contributed by atoms with Crippen molar-refractivity contribution in [2.45, 2.75) is 19.4 Å². The molecule has 2 rings (SSSR count). The van der Waals surface area contributed by atoms with Crippen LogP contribution in [-0.2, 0) is 4.74 Å². The van der Waals surface area contributed by atoms with Crippen LogP contribution in [0.15, 0.2) is 21.2 Å². The maximum absolute atomic E-state index is 5.40. The van der Waals surface area contributed by atoms with Crippen molar-refractivity contribution < 1.29 is 9.15 Å². The van der Waals surface area contributed by atoms with E-state index in [2.05, 4.69) is 28.2 Å². The summed E-state index contributed by atoms with van der Waals surface area (Å²) in [5.41, 5.74) is 0. The minimum absolute atomic E-state index is 0.245. The van der Waals surface area contributed by atoms with Crippen molar-refractivity contribution in [1.82, 2.24) is 5.32 Å². The molecule has 0 spiro atoms. The maximum atomic E-state index is 5.40. The number of nitrogens with one attached hydrogen (secondary N) is 1. The van der Waals surface area contributed by atoms with E-state index in [1.165, 1.54) is 6.42 Å². The molecule has 1 fully saturated rings. The molecule has 1 aliphatic heterocycles. The van der Waals surface area contributed by atoms with Crippen LogP contribution < -0.4 is 5.32 Å². The van der Waals surface area contributed by atoms with Crippen molar-refractivity contribution in [3.05, 3.63) is 22.6 Å². The van der Waals surface area contributed by atoms with Crippen LogP contribution in [0.5, 0.6) is 0 Å². The molecule has 4 heteroatoms. The van der Waals surface area contributed by atoms with Crippen LogP contribution in [0.25, 0.3) is 0 Å². The first kappa shape index (κ1) is 11.2. The Morgan fingerprint density at radius 2 is 2.53 bits per heavy atom. The van der Waals surface area contributed by atoms with Gasteiger partial charge in [0, 0.05) is 13.2 Å². The zero-order valence-corrected chi connectivity index (χ0v) is 10.4. The number of rotatable bonds is 4. The van der Waals surface area contributed by atoms with Gasteiger partial charge in [-0.2, -0.15) is 0 Å². The summed E-state index contributed by atoms with van der Waals surface area (Å²) >= 11 is 3.46. The van der Waals surface area contributed by atoms with Gasteiger partial charge in [0.1, 0.15) is 5.76 Å². The molecule has 0 aromatic carbocycles. The van der Waals surface area contributed by atoms with Crippen LogP contribution in [0.3, 0.4) is 0 Å². The molecule has 0 radical (unpaired) electrons. The third kappa shape index (κ3) is 2.83. The number of hydrogen-bond acceptors (Lipinski definition) is 3. The number of furan rings is 1. The number of hydrogen-bond donors (Lipinski definition) is 1. The van der Waals surface area contributed by atoms with E-state index in [4.69, 9.17) is 9.15 Å². The van der Waals surface area contributed by atoms with Gasteiger partial charge in [0.15, 0.2) is 0 Å². The minimum Gasteiger partial charge on any atom is -0.466 e. The van der Waals surface area contributed by atoms with Gasteiger partial charge in [-0.05, 0) is 41.3 Å². The van der Waals surface area contributed by atoms with Crippen molar-refractivity contribution in [1.29, 1.82) is 0 Å². The van der Waals surface area contributed by atoms with Gasteiger partial charge in [-0.3, -0.25) is 0 Å². The third-order valence-electron chi connectivity index (χ3n) is 2.77. The van der Waals surface area contributed by atoms with Gasteiger partial charge in [0.2, 0.25) is 0 Å². The second kappa shape index (κ2) is 5.14. The quantitative estimate of drug-likeness (QED) is 0.916. The Morgan fingerprint density at radius 1 is 1.67 bits per heavy atom. The molecule has 1 aromatic heterocycles. The van der Waals surface area contributed by atoms with Gasteiger partial charge in [-0.25, -0.2) is 0 Å². The normalized spacial score (nSPS) is 23.2. The van der Waals surface area contributed by atoms with Gasteiger partial charge in [-0.15, -0.1) is 0 Å². The average molecular weight is 274 g/mol. The highest BCUT2D eigenvalue weighted by Crippen LogP contribution is 2.24. The fourth-order valence-electron chi connectivity index (χ4n) is 1.79. The third-order valence-corrected chi connectivity index (χ3v) is 3.43. The summed E-state index contributed by atoms with van der Waals surface area (Å²) in [5.74, 6) is 1.62. The Labute approximate surface area is 98.3 Å². The molecule has 1 aromatic rings. The van der Waals surface area contributed by atoms with Crippen molar-refractivity contribution in [3.8, 4) is 0 Å². The summed E-state index contributed by atoms with van der Waals surface area (Å²) in [6.07, 6.45) is 2.87. The molecule has 0 amide bonds. The standard InChI is InChI=1S/C11H16BrNO2/c1-8(11-10(12)3-5-15-11)13-6-9-2-4-14-7-9/h3,5,8-9,13H,2,4,6-7H2,1H3. The smallest absolute Gasteiger partial charge is 0.134 e. The van der Waals surface area contributed by atoms with Crippen LogP contribution in [0, 0.1) is 5.92 Å². The fraction of sp³-hybridized carbons (Fsp3) is 0.636. The van der Waals surface area contributed by atoms with E-state index in [1.807, 2.05) is 6.07 Å². The second-order valence-electron chi connectivity index (χ2n) is 3.99. The first-order chi connectivity index (χ1) is 7.27. The molecule has 15 heavy (non-hydrogen) atoms. The van der Waals surface area contributed by atoms with Crippen LogP contribution >= 0.6 is 15.9 Å². The van der Waals surface area contributed by atoms with E-state index in [0.717, 1.165) is 30.0 Å². The fourth-order valence-corrected chi connectivity index (χ4v) is 2.34. The maximum Gasteiger partial charge on any atom is 0.134 e. The van der Waals surface area contributed by atoms with Crippen LogP contribution in [0.1, 0.15) is 25.1 Å². The van der Waals surface area contributed by atoms with Gasteiger partial charge >= 0.3 is 0 Å². The number of ether oxygens (including phenoxy) is 1. The molecule has 2 heterocycles. The molecule has 3 nitrogen and oxygen atoms in total. The van der Waals surface area contributed by atoms with Crippen molar-refractivity contribution >= 4 is 15.9 Å². The molecule has 0 bridgehead atoms. The van der Waals surface area contributed by atoms with E-state index in [1.54, 1.807) is 6.26 Å². The van der Waals surface area contributed by atoms with E-state index in [-0.39, 0.29) is 6.04 Å². The van der Waals surface area contributed by atoms with Crippen molar-refractivity contribution in [2.75, 3.05) is 19.8 Å². The molecule has 2 unspecified atom stereocenters. The summed E-state index contributed by atoms with van der Waals surface area (Å²) in [6, 6.07) is 2.17. The Hall–Kier alpha value is -0.320. The number of halogens is 1. The summed E-state index contributed by atoms with van der Waals surface area (Å²) in [7, 11) is 0. The Morgan fingerprint density at radius 3 is 3.13 bits per heavy atom. The Balaban J connectivity index is 1.81. The lowest BCUT2D eigenvalue weighted by Crippen LogP contribution is -2.25. The van der Waals surface area contributed by atoms with Gasteiger partial charge in [-0.1, -0.05) is 0 Å². The Bertz CT molecular complexity index is 307. The van der Waals surface area contributed by atoms with Gasteiger partial charge < -0.3 is 14.5 Å². The van der Waals surface area contributed by atoms with Crippen molar-refractivity contribution in [2.24, 2.45) is 5.92 Å². The van der Waals surface area contributed by atoms with Crippen molar-refractivity contribution in [3.63, 3.8) is 0 Å². The van der Waals surface area contributed by atoms with Crippen LogP contribution in [-0.4, -0.2) is 19.8 Å². The molecule has 2 atom stereocenters. The predicted molar refractivity (Wildman–Crippen MR) is 61.8 cm³/mol. The lowest BCUT2D eigenvalue weighted by Gasteiger charge is -2.14. The molecule has 0 aliphatic carbocycles. The Kier molecular flexibility index (Phi) is 3.83. The highest BCUT2D eigenvalue weighted by Gasteiger charge is 2.18. The van der Waals surface area contributed by atoms with E-state index < -0.39 is 0 Å². The SMILES string of the molecule is CC(NCC1CCOC1)c1occc1Br. The average Bonchev–Trinajstić information content (AvgIpc) is 2.84. The molecule has 1 saturated heterocycles. The molecular weight excluding hydrogens is 258 g/mol. The van der Waals surface area contributed by atoms with Gasteiger partial charge in [0.05, 0.1) is 23.4 Å². The second-order valence-corrected chi connectivity index (χ2v) is 4.85. The lowest BCUT2D eigenvalue weighted by atomic mass is 10.1. The highest BCUT2D eigenvalue weighted by molar-refractivity contribution is 9.10. The first-order valence-electron chi connectivity index (χ1n) is 5.31. The summed E-state index contributed by atoms with van der Waals surface area (Å²) in [5, 5.41) is 3.46. The molecule has 84 valence electrons. The summed E-state index contributed by atoms with van der Waals surface area (Å²) in [4.78, 5) is 0. The van der Waals surface area contributed by atoms with Crippen LogP contribution in [0.4, 0.5) is 0 Å². The largest absolute Gasteiger partial charge is 0.466 e. The summed E-state index contributed by atoms with van der Waals surface area (Å²) in [6.45, 7) is 4.90. The van der Waals surface area contributed by atoms with E-state index in [9.17, 15) is 0 Å². The van der Waals surface area contributed by atoms with Crippen LogP contribution in [0.2, 0.25) is 0 Å². The molecule has 1 aliphatic rings. The molecule has 1 N–H and O–H groups in total. The monoisotopic (exact) mass is 273 g/mol. The highest BCUT2D eigenvalue weighted by atomic mass is 79.9. The van der Waals surface area contributed by atoms with E-state index in [0.29, 0.717) is 5.92 Å². The van der Waals surface area contributed by atoms with Gasteiger partial charge in [0.25, 0.3) is 0 Å². The zero-order valence-electron chi connectivity index (χ0n) is 8.83. The summed E-state index contributed by atoms with van der Waals surface area (Å²) < 4.78 is 11.8. The lowest BCUT2D eigenvalue weighted by molar-refractivity contribution is 0.184. The molecular formula is C11H16BrNO2. The topological polar surface area (TPSA) is 34.4 Å². The zero-order chi connectivity index (χ0) is 10.7.